The van der Waals surface area contributed by atoms with E-state index in [0.29, 0.717) is 31.3 Å². The summed E-state index contributed by atoms with van der Waals surface area (Å²) >= 11 is 0. The molecule has 1 aromatic rings. The van der Waals surface area contributed by atoms with Crippen LogP contribution in [0.5, 0.6) is 0 Å². The van der Waals surface area contributed by atoms with E-state index in [1.807, 2.05) is 4.90 Å². The highest BCUT2D eigenvalue weighted by molar-refractivity contribution is 14.0. The number of rotatable bonds is 3. The summed E-state index contributed by atoms with van der Waals surface area (Å²) < 4.78 is 32.2. The molecule has 1 aliphatic carbocycles. The lowest BCUT2D eigenvalue weighted by atomic mass is 9.95. The summed E-state index contributed by atoms with van der Waals surface area (Å²) in [5, 5.41) is 0. The van der Waals surface area contributed by atoms with E-state index in [0.717, 1.165) is 32.0 Å². The van der Waals surface area contributed by atoms with Crippen LogP contribution in [0.15, 0.2) is 23.2 Å². The quantitative estimate of drug-likeness (QED) is 0.461. The molecule has 1 heterocycles. The van der Waals surface area contributed by atoms with E-state index in [-0.39, 0.29) is 29.4 Å². The number of guanidine groups is 1. The standard InChI is InChI=1S/C15H19F2N3O.HI/c16-11-1-2-12(13(17)9-11)15(3-4-15)10-19-14(18)20-5-7-21-8-6-20;/h1-2,9H,3-8,10H2,(H2,18,19);1H. The molecule has 4 nitrogen and oxygen atoms in total. The van der Waals surface area contributed by atoms with Crippen molar-refractivity contribution in [2.75, 3.05) is 32.8 Å². The molecule has 1 aromatic carbocycles. The second kappa shape index (κ2) is 7.08. The molecular weight excluding hydrogens is 403 g/mol. The second-order valence-corrected chi connectivity index (χ2v) is 5.68. The van der Waals surface area contributed by atoms with Gasteiger partial charge in [0.05, 0.1) is 19.8 Å². The van der Waals surface area contributed by atoms with Crippen molar-refractivity contribution in [3.05, 3.63) is 35.4 Å². The first-order valence-electron chi connectivity index (χ1n) is 7.19. The Labute approximate surface area is 145 Å². The van der Waals surface area contributed by atoms with Crippen LogP contribution in [0.25, 0.3) is 0 Å². The smallest absolute Gasteiger partial charge is 0.191 e. The maximum absolute atomic E-state index is 13.9. The first-order chi connectivity index (χ1) is 10.1. The number of nitrogens with two attached hydrogens (primary N) is 1. The molecule has 3 rings (SSSR count). The summed E-state index contributed by atoms with van der Waals surface area (Å²) in [5.74, 6) is -0.567. The molecule has 2 aliphatic rings. The summed E-state index contributed by atoms with van der Waals surface area (Å²) in [6.45, 7) is 3.20. The van der Waals surface area contributed by atoms with Crippen molar-refractivity contribution in [1.82, 2.24) is 4.90 Å². The Morgan fingerprint density at radius 3 is 2.55 bits per heavy atom. The average molecular weight is 423 g/mol. The predicted octanol–water partition coefficient (Wildman–Crippen LogP) is 2.26. The van der Waals surface area contributed by atoms with E-state index >= 15 is 0 Å². The van der Waals surface area contributed by atoms with E-state index < -0.39 is 11.6 Å². The maximum Gasteiger partial charge on any atom is 0.191 e. The zero-order valence-corrected chi connectivity index (χ0v) is 14.6. The summed E-state index contributed by atoms with van der Waals surface area (Å²) in [6.07, 6.45) is 1.71. The molecule has 2 N–H and O–H groups in total. The van der Waals surface area contributed by atoms with Crippen molar-refractivity contribution < 1.29 is 13.5 Å². The Morgan fingerprint density at radius 2 is 1.95 bits per heavy atom. The van der Waals surface area contributed by atoms with Crippen molar-refractivity contribution in [3.63, 3.8) is 0 Å². The minimum atomic E-state index is -0.552. The SMILES string of the molecule is I.NC(=NCC1(c2ccc(F)cc2F)CC1)N1CCOCC1. The fourth-order valence-corrected chi connectivity index (χ4v) is 2.71. The number of aliphatic imine (C=N–C) groups is 1. The van der Waals surface area contributed by atoms with Gasteiger partial charge in [-0.1, -0.05) is 6.07 Å². The third kappa shape index (κ3) is 3.68. The summed E-state index contributed by atoms with van der Waals surface area (Å²) in [7, 11) is 0. The zero-order valence-electron chi connectivity index (χ0n) is 12.2. The molecule has 0 unspecified atom stereocenters. The summed E-state index contributed by atoms with van der Waals surface area (Å²) in [4.78, 5) is 6.40. The molecule has 2 fully saturated rings. The summed E-state index contributed by atoms with van der Waals surface area (Å²) in [5.41, 5.74) is 6.22. The van der Waals surface area contributed by atoms with Crippen molar-refractivity contribution in [3.8, 4) is 0 Å². The van der Waals surface area contributed by atoms with Gasteiger partial charge in [-0.25, -0.2) is 8.78 Å². The molecule has 122 valence electrons. The minimum Gasteiger partial charge on any atom is -0.378 e. The molecular formula is C15H20F2IN3O. The van der Waals surface area contributed by atoms with Gasteiger partial charge >= 0.3 is 0 Å². The highest BCUT2D eigenvalue weighted by Crippen LogP contribution is 2.49. The van der Waals surface area contributed by atoms with Gasteiger partial charge in [0.1, 0.15) is 11.6 Å². The topological polar surface area (TPSA) is 50.8 Å². The van der Waals surface area contributed by atoms with Gasteiger partial charge in [0.15, 0.2) is 5.96 Å². The van der Waals surface area contributed by atoms with Crippen LogP contribution in [0.1, 0.15) is 18.4 Å². The maximum atomic E-state index is 13.9. The van der Waals surface area contributed by atoms with Crippen LogP contribution in [0.4, 0.5) is 8.78 Å². The Bertz CT molecular complexity index is 558. The van der Waals surface area contributed by atoms with E-state index in [1.165, 1.54) is 12.1 Å². The van der Waals surface area contributed by atoms with Gasteiger partial charge < -0.3 is 15.4 Å². The monoisotopic (exact) mass is 423 g/mol. The van der Waals surface area contributed by atoms with Crippen LogP contribution in [0, 0.1) is 11.6 Å². The Kier molecular flexibility index (Phi) is 5.60. The molecule has 0 bridgehead atoms. The Morgan fingerprint density at radius 1 is 1.27 bits per heavy atom. The zero-order chi connectivity index (χ0) is 14.9. The Balaban J connectivity index is 0.00000176. The van der Waals surface area contributed by atoms with E-state index in [2.05, 4.69) is 4.99 Å². The van der Waals surface area contributed by atoms with Crippen molar-refractivity contribution >= 4 is 29.9 Å². The molecule has 1 aliphatic heterocycles. The van der Waals surface area contributed by atoms with Crippen molar-refractivity contribution in [2.24, 2.45) is 10.7 Å². The first-order valence-corrected chi connectivity index (χ1v) is 7.19. The van der Waals surface area contributed by atoms with Gasteiger partial charge in [0.2, 0.25) is 0 Å². The van der Waals surface area contributed by atoms with E-state index in [4.69, 9.17) is 10.5 Å². The third-order valence-corrected chi connectivity index (χ3v) is 4.23. The molecule has 0 amide bonds. The second-order valence-electron chi connectivity index (χ2n) is 5.68. The third-order valence-electron chi connectivity index (χ3n) is 4.23. The molecule has 0 aromatic heterocycles. The number of hydrogen-bond donors (Lipinski definition) is 1. The van der Waals surface area contributed by atoms with Crippen molar-refractivity contribution in [1.29, 1.82) is 0 Å². The summed E-state index contributed by atoms with van der Waals surface area (Å²) in [6, 6.07) is 3.76. The number of halogens is 3. The van der Waals surface area contributed by atoms with Gasteiger partial charge in [0, 0.05) is 24.6 Å². The molecule has 1 saturated heterocycles. The molecule has 0 spiro atoms. The number of morpholine rings is 1. The number of hydrogen-bond acceptors (Lipinski definition) is 2. The van der Waals surface area contributed by atoms with Gasteiger partial charge in [-0.2, -0.15) is 0 Å². The van der Waals surface area contributed by atoms with Gasteiger partial charge in [-0.3, -0.25) is 4.99 Å². The van der Waals surface area contributed by atoms with E-state index in [9.17, 15) is 8.78 Å². The molecule has 7 heteroatoms. The predicted molar refractivity (Wildman–Crippen MR) is 91.6 cm³/mol. The van der Waals surface area contributed by atoms with Gasteiger partial charge in [-0.05, 0) is 24.5 Å². The van der Waals surface area contributed by atoms with Crippen LogP contribution >= 0.6 is 24.0 Å². The number of benzene rings is 1. The average Bonchev–Trinajstić information content (AvgIpc) is 3.26. The highest BCUT2D eigenvalue weighted by Gasteiger charge is 2.46. The Hall–Kier alpha value is -0.960. The molecule has 22 heavy (non-hydrogen) atoms. The lowest BCUT2D eigenvalue weighted by Crippen LogP contribution is -2.45. The normalized spacial score (nSPS) is 20.5. The first kappa shape index (κ1) is 17.4. The van der Waals surface area contributed by atoms with Crippen LogP contribution in [0.2, 0.25) is 0 Å². The molecule has 0 radical (unpaired) electrons. The molecule has 1 saturated carbocycles. The van der Waals surface area contributed by atoms with Gasteiger partial charge in [0.25, 0.3) is 0 Å². The lowest BCUT2D eigenvalue weighted by molar-refractivity contribution is 0.0674. The van der Waals surface area contributed by atoms with Crippen LogP contribution in [-0.4, -0.2) is 43.7 Å². The largest absolute Gasteiger partial charge is 0.378 e. The van der Waals surface area contributed by atoms with Crippen molar-refractivity contribution in [2.45, 2.75) is 18.3 Å². The number of nitrogens with zero attached hydrogens (tertiary/aromatic N) is 2. The van der Waals surface area contributed by atoms with Crippen LogP contribution in [0.3, 0.4) is 0 Å². The molecule has 0 atom stereocenters. The number of ether oxygens (including phenoxy) is 1. The minimum absolute atomic E-state index is 0. The fraction of sp³-hybridized carbons (Fsp3) is 0.533. The van der Waals surface area contributed by atoms with Gasteiger partial charge in [-0.15, -0.1) is 24.0 Å². The van der Waals surface area contributed by atoms with Crippen LogP contribution < -0.4 is 5.73 Å². The lowest BCUT2D eigenvalue weighted by Gasteiger charge is -2.28. The highest BCUT2D eigenvalue weighted by atomic mass is 127. The van der Waals surface area contributed by atoms with E-state index in [1.54, 1.807) is 0 Å². The van der Waals surface area contributed by atoms with Crippen LogP contribution in [-0.2, 0) is 10.2 Å². The fourth-order valence-electron chi connectivity index (χ4n) is 2.71.